The molecule has 0 saturated heterocycles. The molecule has 1 aliphatic carbocycles. The smallest absolute Gasteiger partial charge is 0.336 e. The van der Waals surface area contributed by atoms with Gasteiger partial charge in [-0.05, 0) is 42.3 Å². The van der Waals surface area contributed by atoms with Crippen LogP contribution in [0, 0.1) is 5.92 Å². The van der Waals surface area contributed by atoms with Crippen molar-refractivity contribution in [3.8, 4) is 11.5 Å². The monoisotopic (exact) mass is 511 g/mol. The van der Waals surface area contributed by atoms with Crippen molar-refractivity contribution in [1.29, 1.82) is 0 Å². The number of carbonyl (C=O) groups is 2. The van der Waals surface area contributed by atoms with E-state index in [-0.39, 0.29) is 11.7 Å². The summed E-state index contributed by atoms with van der Waals surface area (Å²) in [6.45, 7) is 1.85. The molecule has 0 fully saturated rings. The van der Waals surface area contributed by atoms with Gasteiger partial charge in [0.05, 0.1) is 32.8 Å². The zero-order chi connectivity index (χ0) is 23.7. The molecule has 1 aliphatic heterocycles. The summed E-state index contributed by atoms with van der Waals surface area (Å²) in [4.78, 5) is 26.4. The summed E-state index contributed by atoms with van der Waals surface area (Å²) < 4.78 is 16.8. The topological polar surface area (TPSA) is 73.9 Å². The second-order valence-electron chi connectivity index (χ2n) is 8.18. The Balaban J connectivity index is 1.81. The van der Waals surface area contributed by atoms with Gasteiger partial charge in [-0.15, -0.1) is 0 Å². The van der Waals surface area contributed by atoms with Gasteiger partial charge in [0.2, 0.25) is 0 Å². The van der Waals surface area contributed by atoms with Crippen molar-refractivity contribution in [1.82, 2.24) is 5.32 Å². The number of rotatable bonds is 5. The number of allylic oxidation sites excluding steroid dienone is 3. The van der Waals surface area contributed by atoms with E-state index in [1.165, 1.54) is 7.11 Å². The van der Waals surface area contributed by atoms with Gasteiger partial charge in [-0.1, -0.05) is 40.2 Å². The lowest BCUT2D eigenvalue weighted by Crippen LogP contribution is -2.41. The zero-order valence-electron chi connectivity index (χ0n) is 19.0. The molecular weight excluding hydrogens is 486 g/mol. The average Bonchev–Trinajstić information content (AvgIpc) is 2.82. The number of fused-ring (bicyclic) bond motifs is 1. The molecule has 0 saturated carbocycles. The average molecular weight is 512 g/mol. The van der Waals surface area contributed by atoms with Crippen molar-refractivity contribution in [2.45, 2.75) is 25.2 Å². The molecule has 0 aromatic heterocycles. The zero-order valence-corrected chi connectivity index (χ0v) is 20.6. The second-order valence-corrected chi connectivity index (χ2v) is 9.09. The number of hydrogen-bond donors (Lipinski definition) is 1. The van der Waals surface area contributed by atoms with Crippen LogP contribution < -0.4 is 14.8 Å². The van der Waals surface area contributed by atoms with Crippen molar-refractivity contribution in [2.75, 3.05) is 21.3 Å². The van der Waals surface area contributed by atoms with E-state index in [1.54, 1.807) is 14.2 Å². The Hall–Kier alpha value is -3.06. The molecule has 0 spiro atoms. The first-order valence-corrected chi connectivity index (χ1v) is 11.4. The van der Waals surface area contributed by atoms with Gasteiger partial charge in [-0.3, -0.25) is 4.79 Å². The molecule has 0 amide bonds. The molecule has 1 heterocycles. The van der Waals surface area contributed by atoms with E-state index in [0.717, 1.165) is 21.3 Å². The van der Waals surface area contributed by atoms with Crippen molar-refractivity contribution >= 4 is 27.7 Å². The number of esters is 1. The molecule has 33 heavy (non-hydrogen) atoms. The van der Waals surface area contributed by atoms with E-state index >= 15 is 0 Å². The predicted octanol–water partition coefficient (Wildman–Crippen LogP) is 4.86. The minimum absolute atomic E-state index is 0.0682. The quantitative estimate of drug-likeness (QED) is 0.578. The number of ether oxygens (including phenoxy) is 3. The molecule has 4 rings (SSSR count). The second kappa shape index (κ2) is 9.43. The van der Waals surface area contributed by atoms with E-state index < -0.39 is 17.8 Å². The number of halogens is 1. The van der Waals surface area contributed by atoms with Crippen LogP contribution in [0.5, 0.6) is 11.5 Å². The van der Waals surface area contributed by atoms with Crippen molar-refractivity contribution in [3.63, 3.8) is 0 Å². The SMILES string of the molecule is COC(=O)C1=C(C)NC2=CC(c3ccc(OC)c(OC)c3)CC(=O)C2C1c1cccc(Br)c1. The maximum atomic E-state index is 13.6. The Morgan fingerprint density at radius 2 is 1.76 bits per heavy atom. The lowest BCUT2D eigenvalue weighted by Gasteiger charge is -2.39. The number of nitrogens with one attached hydrogen (secondary N) is 1. The standard InChI is InChI=1S/C26H26BrNO5/c1-14-23(26(30)33-4)24(16-6-5-7-18(27)10-16)25-19(28-14)11-17(12-20(25)29)15-8-9-21(31-2)22(13-15)32-3/h5-11,13,17,24-25,28H,12H2,1-4H3. The van der Waals surface area contributed by atoms with Gasteiger partial charge in [-0.2, -0.15) is 0 Å². The fourth-order valence-electron chi connectivity index (χ4n) is 4.81. The number of benzene rings is 2. The maximum absolute atomic E-state index is 13.6. The van der Waals surface area contributed by atoms with Gasteiger partial charge >= 0.3 is 5.97 Å². The molecule has 1 N–H and O–H groups in total. The normalized spacial score (nSPS) is 22.2. The van der Waals surface area contributed by atoms with Crippen LogP contribution in [0.1, 0.15) is 36.3 Å². The summed E-state index contributed by atoms with van der Waals surface area (Å²) in [6, 6.07) is 13.4. The van der Waals surface area contributed by atoms with Crippen LogP contribution in [-0.2, 0) is 14.3 Å². The van der Waals surface area contributed by atoms with Crippen LogP contribution in [0.15, 0.2) is 70.0 Å². The highest BCUT2D eigenvalue weighted by atomic mass is 79.9. The summed E-state index contributed by atoms with van der Waals surface area (Å²) >= 11 is 3.52. The number of hydrogen-bond acceptors (Lipinski definition) is 6. The van der Waals surface area contributed by atoms with Gasteiger partial charge in [0, 0.05) is 34.1 Å². The molecule has 2 aromatic rings. The summed E-state index contributed by atoms with van der Waals surface area (Å²) in [5.74, 6) is -0.143. The lowest BCUT2D eigenvalue weighted by molar-refractivity contribution is -0.136. The van der Waals surface area contributed by atoms with Gasteiger partial charge in [-0.25, -0.2) is 4.79 Å². The third-order valence-electron chi connectivity index (χ3n) is 6.31. The Morgan fingerprint density at radius 1 is 1.00 bits per heavy atom. The molecule has 6 nitrogen and oxygen atoms in total. The summed E-state index contributed by atoms with van der Waals surface area (Å²) in [6.07, 6.45) is 2.42. The highest BCUT2D eigenvalue weighted by Gasteiger charge is 2.45. The molecule has 172 valence electrons. The fourth-order valence-corrected chi connectivity index (χ4v) is 5.23. The minimum atomic E-state index is -0.492. The van der Waals surface area contributed by atoms with Gasteiger partial charge < -0.3 is 19.5 Å². The molecule has 2 aromatic carbocycles. The summed E-state index contributed by atoms with van der Waals surface area (Å²) in [5.41, 5.74) is 3.83. The van der Waals surface area contributed by atoms with E-state index in [1.807, 2.05) is 49.4 Å². The number of carbonyl (C=O) groups excluding carboxylic acids is 2. The molecule has 0 bridgehead atoms. The van der Waals surface area contributed by atoms with Crippen LogP contribution in [-0.4, -0.2) is 33.1 Å². The third kappa shape index (κ3) is 4.29. The fraction of sp³-hybridized carbons (Fsp3) is 0.308. The first-order valence-electron chi connectivity index (χ1n) is 10.7. The van der Waals surface area contributed by atoms with Gasteiger partial charge in [0.1, 0.15) is 5.78 Å². The van der Waals surface area contributed by atoms with Crippen LogP contribution in [0.4, 0.5) is 0 Å². The Bertz CT molecular complexity index is 1170. The number of methoxy groups -OCH3 is 3. The van der Waals surface area contributed by atoms with E-state index in [9.17, 15) is 9.59 Å². The van der Waals surface area contributed by atoms with Crippen molar-refractivity contribution in [3.05, 3.63) is 81.1 Å². The Labute approximate surface area is 201 Å². The highest BCUT2D eigenvalue weighted by Crippen LogP contribution is 2.47. The van der Waals surface area contributed by atoms with Gasteiger partial charge in [0.25, 0.3) is 0 Å². The van der Waals surface area contributed by atoms with E-state index in [2.05, 4.69) is 27.3 Å². The lowest BCUT2D eigenvalue weighted by atomic mass is 9.68. The van der Waals surface area contributed by atoms with E-state index in [0.29, 0.717) is 29.2 Å². The molecule has 3 unspecified atom stereocenters. The van der Waals surface area contributed by atoms with Crippen molar-refractivity contribution < 1.29 is 23.8 Å². The first kappa shape index (κ1) is 23.1. The molecule has 2 aliphatic rings. The van der Waals surface area contributed by atoms with Crippen LogP contribution in [0.2, 0.25) is 0 Å². The predicted molar refractivity (Wildman–Crippen MR) is 128 cm³/mol. The Kier molecular flexibility index (Phi) is 6.61. The number of Topliss-reactive ketones (excluding diaryl/α,β-unsaturated/α-hetero) is 1. The maximum Gasteiger partial charge on any atom is 0.336 e. The first-order chi connectivity index (χ1) is 15.9. The summed E-state index contributed by atoms with van der Waals surface area (Å²) in [5, 5.41) is 3.33. The van der Waals surface area contributed by atoms with Crippen LogP contribution in [0.3, 0.4) is 0 Å². The highest BCUT2D eigenvalue weighted by molar-refractivity contribution is 9.10. The van der Waals surface area contributed by atoms with Gasteiger partial charge in [0.15, 0.2) is 11.5 Å². The van der Waals surface area contributed by atoms with Crippen LogP contribution in [0.25, 0.3) is 0 Å². The Morgan fingerprint density at radius 3 is 2.42 bits per heavy atom. The van der Waals surface area contributed by atoms with Crippen LogP contribution >= 0.6 is 15.9 Å². The minimum Gasteiger partial charge on any atom is -0.493 e. The molecule has 0 radical (unpaired) electrons. The number of ketones is 1. The molecule has 3 atom stereocenters. The molecule has 7 heteroatoms. The third-order valence-corrected chi connectivity index (χ3v) is 6.81. The van der Waals surface area contributed by atoms with Crippen molar-refractivity contribution in [2.24, 2.45) is 5.92 Å². The summed E-state index contributed by atoms with van der Waals surface area (Å²) in [7, 11) is 4.55. The molecular formula is C26H26BrNO5. The largest absolute Gasteiger partial charge is 0.493 e. The van der Waals surface area contributed by atoms with E-state index in [4.69, 9.17) is 14.2 Å².